The van der Waals surface area contributed by atoms with Crippen LogP contribution in [0, 0.1) is 6.92 Å². The molecule has 2 rings (SSSR count). The topological polar surface area (TPSA) is 116 Å². The third kappa shape index (κ3) is 1.22. The average molecular weight is 182 g/mol. The van der Waals surface area contributed by atoms with Crippen molar-refractivity contribution in [3.63, 3.8) is 0 Å². The zero-order chi connectivity index (χ0) is 9.26. The molecule has 0 saturated carbocycles. The number of nitrogens with zero attached hydrogens (tertiary/aromatic N) is 4. The molecule has 0 bridgehead atoms. The van der Waals surface area contributed by atoms with Gasteiger partial charge in [-0.15, -0.1) is 0 Å². The standard InChI is InChI=1S/C5H6N6O2/c1-2-7-4(10-12-2)3-5(8-6)11-13-9-3/h6H2,1H3,(H,8,11). The minimum absolute atomic E-state index is 0.265. The summed E-state index contributed by atoms with van der Waals surface area (Å²) >= 11 is 0. The summed E-state index contributed by atoms with van der Waals surface area (Å²) in [4.78, 5) is 3.93. The SMILES string of the molecule is Cc1nc(-c2nonc2NN)no1. The van der Waals surface area contributed by atoms with Crippen LogP contribution >= 0.6 is 0 Å². The van der Waals surface area contributed by atoms with E-state index in [4.69, 9.17) is 10.4 Å². The van der Waals surface area contributed by atoms with Crippen LogP contribution < -0.4 is 11.3 Å². The molecule has 0 amide bonds. The number of hydrogen-bond acceptors (Lipinski definition) is 8. The third-order valence-electron chi connectivity index (χ3n) is 1.36. The van der Waals surface area contributed by atoms with Crippen molar-refractivity contribution in [1.29, 1.82) is 0 Å². The Kier molecular flexibility index (Phi) is 1.67. The number of aryl methyl sites for hydroxylation is 1. The molecular formula is C5H6N6O2. The first-order chi connectivity index (χ1) is 6.31. The highest BCUT2D eigenvalue weighted by molar-refractivity contribution is 5.63. The highest BCUT2D eigenvalue weighted by Crippen LogP contribution is 2.19. The second kappa shape index (κ2) is 2.83. The van der Waals surface area contributed by atoms with Gasteiger partial charge >= 0.3 is 0 Å². The van der Waals surface area contributed by atoms with Gasteiger partial charge < -0.3 is 9.95 Å². The van der Waals surface area contributed by atoms with Crippen molar-refractivity contribution in [2.75, 3.05) is 5.43 Å². The highest BCUT2D eigenvalue weighted by Gasteiger charge is 2.16. The van der Waals surface area contributed by atoms with E-state index in [9.17, 15) is 0 Å². The molecule has 68 valence electrons. The molecule has 0 aliphatic carbocycles. The molecule has 13 heavy (non-hydrogen) atoms. The van der Waals surface area contributed by atoms with E-state index >= 15 is 0 Å². The lowest BCUT2D eigenvalue weighted by molar-refractivity contribution is 0.309. The Morgan fingerprint density at radius 1 is 1.31 bits per heavy atom. The zero-order valence-electron chi connectivity index (χ0n) is 6.68. The van der Waals surface area contributed by atoms with Gasteiger partial charge in [-0.2, -0.15) is 4.98 Å². The first-order valence-electron chi connectivity index (χ1n) is 3.41. The Morgan fingerprint density at radius 3 is 2.77 bits per heavy atom. The normalized spacial score (nSPS) is 10.3. The van der Waals surface area contributed by atoms with Crippen molar-refractivity contribution in [2.24, 2.45) is 5.84 Å². The quantitative estimate of drug-likeness (QED) is 0.480. The number of nitrogen functional groups attached to an aromatic ring is 1. The second-order valence-electron chi connectivity index (χ2n) is 2.24. The maximum absolute atomic E-state index is 5.14. The molecule has 2 heterocycles. The van der Waals surface area contributed by atoms with Crippen molar-refractivity contribution in [3.8, 4) is 11.5 Å². The van der Waals surface area contributed by atoms with Crippen molar-refractivity contribution in [2.45, 2.75) is 6.92 Å². The molecule has 8 nitrogen and oxygen atoms in total. The monoisotopic (exact) mass is 182 g/mol. The van der Waals surface area contributed by atoms with Gasteiger partial charge in [0.15, 0.2) is 0 Å². The lowest BCUT2D eigenvalue weighted by Gasteiger charge is -1.89. The van der Waals surface area contributed by atoms with Gasteiger partial charge in [-0.3, -0.25) is 0 Å². The van der Waals surface area contributed by atoms with Gasteiger partial charge in [-0.05, 0) is 10.3 Å². The number of hydrazine groups is 1. The third-order valence-corrected chi connectivity index (χ3v) is 1.36. The first-order valence-corrected chi connectivity index (χ1v) is 3.41. The summed E-state index contributed by atoms with van der Waals surface area (Å²) in [7, 11) is 0. The van der Waals surface area contributed by atoms with Crippen LogP contribution in [-0.2, 0) is 0 Å². The number of hydrogen-bond donors (Lipinski definition) is 2. The van der Waals surface area contributed by atoms with Crippen LogP contribution in [-0.4, -0.2) is 20.5 Å². The number of rotatable bonds is 2. The molecule has 0 aromatic carbocycles. The van der Waals surface area contributed by atoms with E-state index in [1.165, 1.54) is 0 Å². The Balaban J connectivity index is 2.45. The lowest BCUT2D eigenvalue weighted by atomic mass is 10.4. The van der Waals surface area contributed by atoms with Crippen LogP contribution in [0.4, 0.5) is 5.82 Å². The average Bonchev–Trinajstić information content (AvgIpc) is 2.71. The predicted octanol–water partition coefficient (Wildman–Crippen LogP) is -0.286. The van der Waals surface area contributed by atoms with Gasteiger partial charge in [0.05, 0.1) is 0 Å². The Bertz CT molecular complexity index is 407. The van der Waals surface area contributed by atoms with Gasteiger partial charge in [0, 0.05) is 6.92 Å². The minimum atomic E-state index is 0.265. The van der Waals surface area contributed by atoms with Crippen LogP contribution in [0.1, 0.15) is 5.89 Å². The summed E-state index contributed by atoms with van der Waals surface area (Å²) in [6, 6.07) is 0. The number of nitrogens with two attached hydrogens (primary N) is 1. The number of anilines is 1. The molecule has 0 fully saturated rings. The van der Waals surface area contributed by atoms with E-state index in [0.717, 1.165) is 0 Å². The van der Waals surface area contributed by atoms with Crippen LogP contribution in [0.5, 0.6) is 0 Å². The van der Waals surface area contributed by atoms with Crippen molar-refractivity contribution < 1.29 is 9.15 Å². The second-order valence-corrected chi connectivity index (χ2v) is 2.24. The van der Waals surface area contributed by atoms with Crippen LogP contribution in [0.3, 0.4) is 0 Å². The maximum atomic E-state index is 5.14. The zero-order valence-corrected chi connectivity index (χ0v) is 6.68. The first kappa shape index (κ1) is 7.68. The number of aromatic nitrogens is 4. The summed E-state index contributed by atoms with van der Waals surface area (Å²) in [5, 5.41) is 10.7. The molecule has 0 unspecified atom stereocenters. The molecule has 0 aliphatic rings. The summed E-state index contributed by atoms with van der Waals surface area (Å²) in [6.45, 7) is 1.67. The predicted molar refractivity (Wildman–Crippen MR) is 40.1 cm³/mol. The molecule has 2 aromatic rings. The Morgan fingerprint density at radius 2 is 2.15 bits per heavy atom. The molecular weight excluding hydrogens is 176 g/mol. The highest BCUT2D eigenvalue weighted by atomic mass is 16.6. The molecule has 0 radical (unpaired) electrons. The van der Waals surface area contributed by atoms with Crippen molar-refractivity contribution >= 4 is 5.82 Å². The van der Waals surface area contributed by atoms with E-state index < -0.39 is 0 Å². The molecule has 0 atom stereocenters. The van der Waals surface area contributed by atoms with E-state index in [-0.39, 0.29) is 11.6 Å². The fourth-order valence-corrected chi connectivity index (χ4v) is 0.825. The van der Waals surface area contributed by atoms with Gasteiger partial charge in [0.1, 0.15) is 0 Å². The lowest BCUT2D eigenvalue weighted by Crippen LogP contribution is -2.08. The summed E-state index contributed by atoms with van der Waals surface area (Å²) in [5.74, 6) is 6.12. The number of nitrogens with one attached hydrogen (secondary N) is 1. The molecule has 8 heteroatoms. The molecule has 0 spiro atoms. The smallest absolute Gasteiger partial charge is 0.228 e. The fraction of sp³-hybridized carbons (Fsp3) is 0.200. The minimum Gasteiger partial charge on any atom is -0.339 e. The van der Waals surface area contributed by atoms with Crippen molar-refractivity contribution in [3.05, 3.63) is 5.89 Å². The molecule has 2 aromatic heterocycles. The van der Waals surface area contributed by atoms with Crippen LogP contribution in [0.25, 0.3) is 11.5 Å². The van der Waals surface area contributed by atoms with E-state index in [0.29, 0.717) is 11.6 Å². The van der Waals surface area contributed by atoms with Gasteiger partial charge in [0.25, 0.3) is 0 Å². The van der Waals surface area contributed by atoms with Crippen molar-refractivity contribution in [1.82, 2.24) is 20.5 Å². The summed E-state index contributed by atoms with van der Waals surface area (Å²) in [5.41, 5.74) is 2.61. The van der Waals surface area contributed by atoms with Gasteiger partial charge in [-0.1, -0.05) is 5.16 Å². The maximum Gasteiger partial charge on any atom is 0.228 e. The largest absolute Gasteiger partial charge is 0.339 e. The molecule has 3 N–H and O–H groups in total. The van der Waals surface area contributed by atoms with E-state index in [2.05, 4.69) is 30.5 Å². The van der Waals surface area contributed by atoms with Crippen LogP contribution in [0.2, 0.25) is 0 Å². The van der Waals surface area contributed by atoms with Gasteiger partial charge in [-0.25, -0.2) is 10.5 Å². The van der Waals surface area contributed by atoms with Gasteiger partial charge in [0.2, 0.25) is 23.2 Å². The molecule has 0 aliphatic heterocycles. The Hall–Kier alpha value is -1.96. The molecule has 0 saturated heterocycles. The fourth-order valence-electron chi connectivity index (χ4n) is 0.825. The van der Waals surface area contributed by atoms with Crippen LogP contribution in [0.15, 0.2) is 9.15 Å². The van der Waals surface area contributed by atoms with E-state index in [1.54, 1.807) is 6.92 Å². The Labute approximate surface area is 72.0 Å². The summed E-state index contributed by atoms with van der Waals surface area (Å²) < 4.78 is 9.18. The summed E-state index contributed by atoms with van der Waals surface area (Å²) in [6.07, 6.45) is 0. The van der Waals surface area contributed by atoms with E-state index in [1.807, 2.05) is 0 Å².